The van der Waals surface area contributed by atoms with Gasteiger partial charge in [-0.2, -0.15) is 8.42 Å². The maximum Gasteiger partial charge on any atom is 0.340 e. The number of amides is 2. The maximum absolute atomic E-state index is 12.7. The minimum Gasteiger partial charge on any atom is -0.482 e. The normalized spacial score (nSPS) is 13.0. The van der Waals surface area contributed by atoms with Gasteiger partial charge < -0.3 is 24.0 Å². The van der Waals surface area contributed by atoms with Gasteiger partial charge >= 0.3 is 10.1 Å². The van der Waals surface area contributed by atoms with E-state index in [1.807, 2.05) is 0 Å². The second-order valence-corrected chi connectivity index (χ2v) is 8.03. The predicted octanol–water partition coefficient (Wildman–Crippen LogP) is 3.28. The third-order valence-corrected chi connectivity index (χ3v) is 5.71. The minimum atomic E-state index is -4.29. The third kappa shape index (κ3) is 4.09. The number of furan rings is 1. The van der Waals surface area contributed by atoms with E-state index in [2.05, 4.69) is 10.6 Å². The van der Waals surface area contributed by atoms with E-state index >= 15 is 0 Å². The number of anilines is 2. The van der Waals surface area contributed by atoms with Gasteiger partial charge in [-0.05, 0) is 42.5 Å². The van der Waals surface area contributed by atoms with E-state index in [4.69, 9.17) is 24.9 Å². The highest BCUT2D eigenvalue weighted by molar-refractivity contribution is 7.87. The fourth-order valence-corrected chi connectivity index (χ4v) is 4.09. The van der Waals surface area contributed by atoms with Crippen molar-refractivity contribution in [2.45, 2.75) is 4.90 Å². The first kappa shape index (κ1) is 19.8. The smallest absolute Gasteiger partial charge is 0.340 e. The molecular formula is C19H13ClN2O7S. The van der Waals surface area contributed by atoms with Crippen LogP contribution in [0.2, 0.25) is 5.02 Å². The van der Waals surface area contributed by atoms with E-state index < -0.39 is 16.0 Å². The van der Waals surface area contributed by atoms with Crippen molar-refractivity contribution in [1.29, 1.82) is 0 Å². The van der Waals surface area contributed by atoms with Crippen molar-refractivity contribution in [3.63, 3.8) is 0 Å². The number of ether oxygens (including phenoxy) is 1. The molecule has 2 aromatic carbocycles. The Morgan fingerprint density at radius 3 is 2.63 bits per heavy atom. The van der Waals surface area contributed by atoms with E-state index in [1.165, 1.54) is 48.7 Å². The second-order valence-electron chi connectivity index (χ2n) is 6.11. The molecule has 11 heteroatoms. The average molecular weight is 449 g/mol. The van der Waals surface area contributed by atoms with Gasteiger partial charge in [0.25, 0.3) is 11.8 Å². The van der Waals surface area contributed by atoms with Gasteiger partial charge in [0.1, 0.15) is 16.4 Å². The van der Waals surface area contributed by atoms with Crippen LogP contribution in [0, 0.1) is 0 Å². The summed E-state index contributed by atoms with van der Waals surface area (Å²) in [5.41, 5.74) is 0.684. The van der Waals surface area contributed by atoms with E-state index in [9.17, 15) is 18.0 Å². The summed E-state index contributed by atoms with van der Waals surface area (Å²) in [5, 5.41) is 5.00. The molecule has 2 amide bonds. The molecule has 1 aliphatic rings. The Hall–Kier alpha value is -3.50. The lowest BCUT2D eigenvalue weighted by Crippen LogP contribution is -2.25. The molecular weight excluding hydrogens is 436 g/mol. The Kier molecular flexibility index (Phi) is 5.10. The number of nitrogens with one attached hydrogen (secondary N) is 2. The van der Waals surface area contributed by atoms with Gasteiger partial charge in [0.15, 0.2) is 12.4 Å². The molecule has 0 bridgehead atoms. The van der Waals surface area contributed by atoms with E-state index in [0.29, 0.717) is 5.69 Å². The van der Waals surface area contributed by atoms with Crippen LogP contribution in [0.5, 0.6) is 11.5 Å². The summed E-state index contributed by atoms with van der Waals surface area (Å²) in [6.45, 7) is -0.236. The summed E-state index contributed by atoms with van der Waals surface area (Å²) >= 11 is 6.07. The summed E-state index contributed by atoms with van der Waals surface area (Å²) in [4.78, 5) is 23.0. The number of hydrogen-bond donors (Lipinski definition) is 2. The van der Waals surface area contributed by atoms with Gasteiger partial charge in [-0.1, -0.05) is 11.6 Å². The maximum atomic E-state index is 12.7. The number of benzene rings is 2. The summed E-state index contributed by atoms with van der Waals surface area (Å²) in [5.74, 6) is -0.511. The molecule has 1 aromatic heterocycles. The number of halogens is 1. The summed E-state index contributed by atoms with van der Waals surface area (Å²) < 4.78 is 40.7. The first-order valence-electron chi connectivity index (χ1n) is 8.47. The van der Waals surface area contributed by atoms with E-state index in [1.54, 1.807) is 6.07 Å². The highest BCUT2D eigenvalue weighted by Gasteiger charge is 2.26. The topological polar surface area (TPSA) is 124 Å². The Labute approximate surface area is 175 Å². The number of rotatable bonds is 5. The molecule has 3 aromatic rings. The molecule has 2 N–H and O–H groups in total. The SMILES string of the molecule is O=C1COc2cc(S(=O)(=O)Oc3ccc(NC(=O)c4ccco4)cc3)c(Cl)cc2N1. The van der Waals surface area contributed by atoms with Crippen molar-refractivity contribution in [2.24, 2.45) is 0 Å². The highest BCUT2D eigenvalue weighted by Crippen LogP contribution is 2.36. The molecule has 0 aliphatic carbocycles. The van der Waals surface area contributed by atoms with Gasteiger partial charge in [-0.25, -0.2) is 0 Å². The zero-order valence-electron chi connectivity index (χ0n) is 15.0. The van der Waals surface area contributed by atoms with Crippen LogP contribution in [0.1, 0.15) is 10.6 Å². The van der Waals surface area contributed by atoms with E-state index in [-0.39, 0.29) is 45.4 Å². The fourth-order valence-electron chi connectivity index (χ4n) is 2.64. The van der Waals surface area contributed by atoms with Gasteiger partial charge in [0.05, 0.1) is 17.0 Å². The van der Waals surface area contributed by atoms with Gasteiger partial charge in [0, 0.05) is 11.8 Å². The van der Waals surface area contributed by atoms with Crippen molar-refractivity contribution in [3.05, 3.63) is 65.6 Å². The highest BCUT2D eigenvalue weighted by atomic mass is 35.5. The van der Waals surface area contributed by atoms with Crippen molar-refractivity contribution < 1.29 is 31.3 Å². The van der Waals surface area contributed by atoms with Crippen LogP contribution < -0.4 is 19.6 Å². The zero-order chi connectivity index (χ0) is 21.3. The quantitative estimate of drug-likeness (QED) is 0.574. The number of fused-ring (bicyclic) bond motifs is 1. The van der Waals surface area contributed by atoms with Crippen LogP contribution in [0.4, 0.5) is 11.4 Å². The van der Waals surface area contributed by atoms with Crippen molar-refractivity contribution in [1.82, 2.24) is 0 Å². The molecule has 9 nitrogen and oxygen atoms in total. The zero-order valence-corrected chi connectivity index (χ0v) is 16.6. The van der Waals surface area contributed by atoms with Gasteiger partial charge in [-0.3, -0.25) is 9.59 Å². The molecule has 0 spiro atoms. The predicted molar refractivity (Wildman–Crippen MR) is 106 cm³/mol. The van der Waals surface area contributed by atoms with E-state index in [0.717, 1.165) is 0 Å². The largest absolute Gasteiger partial charge is 0.482 e. The third-order valence-electron chi connectivity index (χ3n) is 4.00. The molecule has 0 radical (unpaired) electrons. The molecule has 2 heterocycles. The monoisotopic (exact) mass is 448 g/mol. The lowest BCUT2D eigenvalue weighted by atomic mass is 10.2. The summed E-state index contributed by atoms with van der Waals surface area (Å²) in [6, 6.07) is 11.2. The first-order valence-corrected chi connectivity index (χ1v) is 10.3. The lowest BCUT2D eigenvalue weighted by molar-refractivity contribution is -0.118. The van der Waals surface area contributed by atoms with Crippen molar-refractivity contribution >= 4 is 44.9 Å². The van der Waals surface area contributed by atoms with Crippen molar-refractivity contribution in [2.75, 3.05) is 17.2 Å². The minimum absolute atomic E-state index is 0.00834. The lowest BCUT2D eigenvalue weighted by Gasteiger charge is -2.19. The molecule has 1 aliphatic heterocycles. The van der Waals surface area contributed by atoms with Crippen molar-refractivity contribution in [3.8, 4) is 11.5 Å². The molecule has 0 saturated carbocycles. The fraction of sp³-hybridized carbons (Fsp3) is 0.0526. The molecule has 4 rings (SSSR count). The average Bonchev–Trinajstić information content (AvgIpc) is 3.23. The van der Waals surface area contributed by atoms with Crippen LogP contribution in [0.3, 0.4) is 0 Å². The molecule has 0 saturated heterocycles. The number of carbonyl (C=O) groups is 2. The molecule has 154 valence electrons. The summed E-state index contributed by atoms with van der Waals surface area (Å²) in [7, 11) is -4.29. The summed E-state index contributed by atoms with van der Waals surface area (Å²) in [6.07, 6.45) is 1.38. The molecule has 0 fully saturated rings. The molecule has 0 atom stereocenters. The molecule has 0 unspecified atom stereocenters. The van der Waals surface area contributed by atoms with Gasteiger partial charge in [0.2, 0.25) is 0 Å². The standard InChI is InChI=1S/C19H13ClN2O7S/c20-13-8-14-16(28-10-18(23)22-14)9-17(13)30(25,26)29-12-5-3-11(4-6-12)21-19(24)15-2-1-7-27-15/h1-9H,10H2,(H,21,24)(H,22,23). The van der Waals surface area contributed by atoms with Crippen LogP contribution in [-0.4, -0.2) is 26.8 Å². The molecule has 30 heavy (non-hydrogen) atoms. The van der Waals surface area contributed by atoms with Crippen LogP contribution in [0.15, 0.2) is 64.1 Å². The Morgan fingerprint density at radius 1 is 1.17 bits per heavy atom. The first-order chi connectivity index (χ1) is 14.3. The van der Waals surface area contributed by atoms with Crippen LogP contribution in [-0.2, 0) is 14.9 Å². The Balaban J connectivity index is 1.51. The van der Waals surface area contributed by atoms with Crippen LogP contribution >= 0.6 is 11.6 Å². The second kappa shape index (κ2) is 7.73. The number of carbonyl (C=O) groups excluding carboxylic acids is 2. The van der Waals surface area contributed by atoms with Crippen LogP contribution in [0.25, 0.3) is 0 Å². The van der Waals surface area contributed by atoms with Gasteiger partial charge in [-0.15, -0.1) is 0 Å². The Bertz CT molecular complexity index is 1220. The Morgan fingerprint density at radius 2 is 1.93 bits per heavy atom. The number of hydrogen-bond acceptors (Lipinski definition) is 7.